The summed E-state index contributed by atoms with van der Waals surface area (Å²) in [6, 6.07) is 6.13. The third-order valence-corrected chi connectivity index (χ3v) is 5.41. The SMILES string of the molecule is COCc1nc(OC)c2c(C)c(C(=O)NCc3cccc(OCC(F)(F)F)c3)sc2n1. The summed E-state index contributed by atoms with van der Waals surface area (Å²) >= 11 is 1.20. The molecule has 31 heavy (non-hydrogen) atoms. The maximum Gasteiger partial charge on any atom is 0.422 e. The molecule has 3 aromatic rings. The standard InChI is InChI=1S/C20H20F3N3O4S/c1-11-15-18(29-3)25-14(9-28-2)26-19(15)31-16(11)17(27)24-8-12-5-4-6-13(7-12)30-10-20(21,22)23/h4-7H,8-10H2,1-3H3,(H,24,27). The van der Waals surface area contributed by atoms with Crippen LogP contribution in [0.25, 0.3) is 10.2 Å². The number of nitrogens with zero attached hydrogens (tertiary/aromatic N) is 2. The molecule has 0 saturated carbocycles. The molecule has 0 atom stereocenters. The summed E-state index contributed by atoms with van der Waals surface area (Å²) in [5.41, 5.74) is 1.28. The molecule has 0 radical (unpaired) electrons. The van der Waals surface area contributed by atoms with Crippen molar-refractivity contribution in [2.24, 2.45) is 0 Å². The first-order valence-corrected chi connectivity index (χ1v) is 9.93. The van der Waals surface area contributed by atoms with Crippen LogP contribution < -0.4 is 14.8 Å². The van der Waals surface area contributed by atoms with Crippen molar-refractivity contribution in [3.63, 3.8) is 0 Å². The lowest BCUT2D eigenvalue weighted by Gasteiger charge is -2.10. The van der Waals surface area contributed by atoms with E-state index < -0.39 is 12.8 Å². The van der Waals surface area contributed by atoms with E-state index in [0.29, 0.717) is 37.9 Å². The third-order valence-electron chi connectivity index (χ3n) is 4.23. The van der Waals surface area contributed by atoms with Gasteiger partial charge in [-0.3, -0.25) is 4.79 Å². The van der Waals surface area contributed by atoms with E-state index in [1.54, 1.807) is 19.1 Å². The van der Waals surface area contributed by atoms with Crippen molar-refractivity contribution in [1.29, 1.82) is 0 Å². The fraction of sp³-hybridized carbons (Fsp3) is 0.350. The first-order valence-electron chi connectivity index (χ1n) is 9.11. The highest BCUT2D eigenvalue weighted by atomic mass is 32.1. The maximum atomic E-state index is 12.8. The molecular formula is C20H20F3N3O4S. The molecule has 11 heteroatoms. The minimum absolute atomic E-state index is 0.0767. The molecule has 166 valence electrons. The molecule has 7 nitrogen and oxygen atoms in total. The zero-order valence-corrected chi connectivity index (χ0v) is 17.8. The number of thiophene rings is 1. The zero-order chi connectivity index (χ0) is 22.6. The average molecular weight is 455 g/mol. The summed E-state index contributed by atoms with van der Waals surface area (Å²) in [6.07, 6.45) is -4.42. The van der Waals surface area contributed by atoms with E-state index in [1.807, 2.05) is 0 Å². The number of carbonyl (C=O) groups excluding carboxylic acids is 1. The molecule has 0 unspecified atom stereocenters. The Balaban J connectivity index is 1.76. The van der Waals surface area contributed by atoms with Crippen LogP contribution in [0.5, 0.6) is 11.6 Å². The number of carbonyl (C=O) groups is 1. The van der Waals surface area contributed by atoms with E-state index in [9.17, 15) is 18.0 Å². The van der Waals surface area contributed by atoms with Crippen LogP contribution in [-0.2, 0) is 17.9 Å². The Bertz CT molecular complexity index is 1090. The summed E-state index contributed by atoms with van der Waals surface area (Å²) < 4.78 is 52.1. The summed E-state index contributed by atoms with van der Waals surface area (Å²) in [6.45, 7) is 0.726. The van der Waals surface area contributed by atoms with E-state index in [4.69, 9.17) is 14.2 Å². The highest BCUT2D eigenvalue weighted by molar-refractivity contribution is 7.20. The number of aromatic nitrogens is 2. The van der Waals surface area contributed by atoms with Crippen molar-refractivity contribution < 1.29 is 32.2 Å². The van der Waals surface area contributed by atoms with Gasteiger partial charge in [-0.1, -0.05) is 12.1 Å². The predicted molar refractivity (Wildman–Crippen MR) is 109 cm³/mol. The molecular weight excluding hydrogens is 435 g/mol. The van der Waals surface area contributed by atoms with E-state index in [0.717, 1.165) is 0 Å². The van der Waals surface area contributed by atoms with Gasteiger partial charge in [-0.15, -0.1) is 11.3 Å². The fourth-order valence-corrected chi connectivity index (χ4v) is 3.98. The predicted octanol–water partition coefficient (Wildman–Crippen LogP) is 4.03. The van der Waals surface area contributed by atoms with Crippen LogP contribution >= 0.6 is 11.3 Å². The third kappa shape index (κ3) is 5.61. The van der Waals surface area contributed by atoms with E-state index >= 15 is 0 Å². The molecule has 2 aromatic heterocycles. The van der Waals surface area contributed by atoms with Crippen molar-refractivity contribution in [2.75, 3.05) is 20.8 Å². The average Bonchev–Trinajstić information content (AvgIpc) is 3.06. The smallest absolute Gasteiger partial charge is 0.422 e. The van der Waals surface area contributed by atoms with Crippen LogP contribution in [0.2, 0.25) is 0 Å². The van der Waals surface area contributed by atoms with Crippen molar-refractivity contribution in [3.8, 4) is 11.6 Å². The minimum atomic E-state index is -4.42. The van der Waals surface area contributed by atoms with Crippen LogP contribution in [0.4, 0.5) is 13.2 Å². The maximum absolute atomic E-state index is 12.8. The lowest BCUT2D eigenvalue weighted by atomic mass is 10.2. The Morgan fingerprint density at radius 1 is 1.23 bits per heavy atom. The molecule has 1 aromatic carbocycles. The van der Waals surface area contributed by atoms with Gasteiger partial charge in [0, 0.05) is 13.7 Å². The lowest BCUT2D eigenvalue weighted by molar-refractivity contribution is -0.153. The molecule has 0 saturated heterocycles. The molecule has 1 amide bonds. The van der Waals surface area contributed by atoms with Crippen molar-refractivity contribution in [2.45, 2.75) is 26.3 Å². The number of hydrogen-bond donors (Lipinski definition) is 1. The molecule has 0 bridgehead atoms. The number of aryl methyl sites for hydroxylation is 1. The van der Waals surface area contributed by atoms with Gasteiger partial charge in [-0.25, -0.2) is 4.98 Å². The lowest BCUT2D eigenvalue weighted by Crippen LogP contribution is -2.22. The van der Waals surface area contributed by atoms with E-state index in [2.05, 4.69) is 15.3 Å². The Kier molecular flexibility index (Phi) is 6.96. The summed E-state index contributed by atoms with van der Waals surface area (Å²) in [4.78, 5) is 22.5. The molecule has 2 heterocycles. The molecule has 0 spiro atoms. The number of fused-ring (bicyclic) bond motifs is 1. The van der Waals surface area contributed by atoms with E-state index in [1.165, 1.54) is 37.7 Å². The number of nitrogens with one attached hydrogen (secondary N) is 1. The molecule has 0 aliphatic heterocycles. The highest BCUT2D eigenvalue weighted by Gasteiger charge is 2.28. The van der Waals surface area contributed by atoms with E-state index in [-0.39, 0.29) is 24.8 Å². The Hall–Kier alpha value is -2.92. The van der Waals surface area contributed by atoms with Gasteiger partial charge in [-0.2, -0.15) is 18.2 Å². The van der Waals surface area contributed by atoms with Crippen LogP contribution in [0, 0.1) is 6.92 Å². The summed E-state index contributed by atoms with van der Waals surface area (Å²) in [7, 11) is 3.02. The zero-order valence-electron chi connectivity index (χ0n) is 17.0. The quantitative estimate of drug-likeness (QED) is 0.552. The second-order valence-corrected chi connectivity index (χ2v) is 7.55. The van der Waals surface area contributed by atoms with Crippen molar-refractivity contribution in [3.05, 3.63) is 46.1 Å². The first-order chi connectivity index (χ1) is 14.7. The summed E-state index contributed by atoms with van der Waals surface area (Å²) in [5, 5.41) is 3.43. The van der Waals surface area contributed by atoms with Crippen LogP contribution in [0.1, 0.15) is 26.6 Å². The molecule has 0 aliphatic carbocycles. The number of hydrogen-bond acceptors (Lipinski definition) is 7. The van der Waals surface area contributed by atoms with Crippen molar-refractivity contribution >= 4 is 27.5 Å². The highest BCUT2D eigenvalue weighted by Crippen LogP contribution is 2.35. The topological polar surface area (TPSA) is 82.6 Å². The molecule has 0 aliphatic rings. The normalized spacial score (nSPS) is 11.5. The van der Waals surface area contributed by atoms with Gasteiger partial charge >= 0.3 is 6.18 Å². The van der Waals surface area contributed by atoms with Gasteiger partial charge in [0.05, 0.1) is 17.4 Å². The van der Waals surface area contributed by atoms with Crippen molar-refractivity contribution in [1.82, 2.24) is 15.3 Å². The van der Waals surface area contributed by atoms with Crippen LogP contribution in [0.15, 0.2) is 24.3 Å². The number of ether oxygens (including phenoxy) is 3. The number of methoxy groups -OCH3 is 2. The second kappa shape index (κ2) is 9.48. The molecule has 3 rings (SSSR count). The Morgan fingerprint density at radius 2 is 2.00 bits per heavy atom. The number of halogens is 3. The van der Waals surface area contributed by atoms with Gasteiger partial charge < -0.3 is 19.5 Å². The number of benzene rings is 1. The number of alkyl halides is 3. The first kappa shape index (κ1) is 22.8. The Morgan fingerprint density at radius 3 is 2.68 bits per heavy atom. The van der Waals surface area contributed by atoms with Gasteiger partial charge in [-0.05, 0) is 30.2 Å². The molecule has 0 fully saturated rings. The minimum Gasteiger partial charge on any atom is -0.484 e. The van der Waals surface area contributed by atoms with Gasteiger partial charge in [0.15, 0.2) is 12.4 Å². The molecule has 1 N–H and O–H groups in total. The second-order valence-electron chi connectivity index (χ2n) is 6.55. The number of rotatable bonds is 8. The van der Waals surface area contributed by atoms with Crippen LogP contribution in [0.3, 0.4) is 0 Å². The van der Waals surface area contributed by atoms with Gasteiger partial charge in [0.25, 0.3) is 5.91 Å². The van der Waals surface area contributed by atoms with Gasteiger partial charge in [0.1, 0.15) is 17.2 Å². The van der Waals surface area contributed by atoms with Gasteiger partial charge in [0.2, 0.25) is 5.88 Å². The summed E-state index contributed by atoms with van der Waals surface area (Å²) in [5.74, 6) is 0.542. The fourth-order valence-electron chi connectivity index (χ4n) is 2.88. The van der Waals surface area contributed by atoms with Crippen LogP contribution in [-0.4, -0.2) is 42.9 Å². The monoisotopic (exact) mass is 455 g/mol. The Labute approximate surface area is 180 Å². The number of amides is 1. The largest absolute Gasteiger partial charge is 0.484 e.